The minimum absolute atomic E-state index is 0.138. The van der Waals surface area contributed by atoms with E-state index >= 15 is 8.78 Å². The zero-order valence-corrected chi connectivity index (χ0v) is 19.9. The molecule has 3 saturated heterocycles. The highest BCUT2D eigenvalue weighted by Gasteiger charge is 2.35. The average molecular weight is 474 g/mol. The first-order valence-corrected chi connectivity index (χ1v) is 12.5. The maximum atomic E-state index is 15.8. The van der Waals surface area contributed by atoms with Crippen molar-refractivity contribution in [3.05, 3.63) is 29.0 Å². The van der Waals surface area contributed by atoms with Gasteiger partial charge in [-0.05, 0) is 83.1 Å². The number of nitrogens with one attached hydrogen (secondary N) is 2. The fourth-order valence-corrected chi connectivity index (χ4v) is 6.21. The Kier molecular flexibility index (Phi) is 6.41. The Hall–Kier alpha value is -2.39. The quantitative estimate of drug-likeness (QED) is 0.668. The second kappa shape index (κ2) is 9.34. The number of aromatic nitrogens is 2. The number of halogens is 2. The van der Waals surface area contributed by atoms with E-state index in [1.165, 1.54) is 23.6 Å². The van der Waals surface area contributed by atoms with Crippen LogP contribution in [0.2, 0.25) is 0 Å². The lowest BCUT2D eigenvalue weighted by Gasteiger charge is -2.41. The molecule has 1 unspecified atom stereocenters. The lowest BCUT2D eigenvalue weighted by Crippen LogP contribution is -2.46. The van der Waals surface area contributed by atoms with Gasteiger partial charge in [-0.1, -0.05) is 0 Å². The predicted molar refractivity (Wildman–Crippen MR) is 124 cm³/mol. The number of hydrogen-bond donors (Lipinski definition) is 2. The summed E-state index contributed by atoms with van der Waals surface area (Å²) in [5.41, 5.74) is 0.693. The van der Waals surface area contributed by atoms with E-state index in [-0.39, 0.29) is 35.7 Å². The number of benzene rings is 1. The van der Waals surface area contributed by atoms with Gasteiger partial charge in [0.25, 0.3) is 0 Å². The second-order valence-electron chi connectivity index (χ2n) is 10.1. The van der Waals surface area contributed by atoms with Gasteiger partial charge >= 0.3 is 0 Å². The molecule has 1 aromatic carbocycles. The lowest BCUT2D eigenvalue weighted by atomic mass is 9.84. The summed E-state index contributed by atoms with van der Waals surface area (Å²) in [5, 5.41) is 10.4. The minimum Gasteiger partial charge on any atom is -0.317 e. The Morgan fingerprint density at radius 1 is 1.09 bits per heavy atom. The van der Waals surface area contributed by atoms with Crippen LogP contribution in [-0.2, 0) is 16.6 Å². The van der Waals surface area contributed by atoms with Gasteiger partial charge in [0.05, 0.1) is 11.6 Å². The van der Waals surface area contributed by atoms with Crippen LogP contribution in [0.25, 0.3) is 10.9 Å². The van der Waals surface area contributed by atoms with Crippen LogP contribution in [0.4, 0.5) is 8.78 Å². The number of carbonyl (C=O) groups excluding carboxylic acids is 2. The molecule has 9 heteroatoms. The Labute approximate surface area is 198 Å². The van der Waals surface area contributed by atoms with Crippen molar-refractivity contribution in [1.29, 1.82) is 0 Å². The van der Waals surface area contributed by atoms with Crippen molar-refractivity contribution in [2.45, 2.75) is 63.3 Å². The molecule has 2 amide bonds. The van der Waals surface area contributed by atoms with Crippen molar-refractivity contribution >= 4 is 22.7 Å². The van der Waals surface area contributed by atoms with Gasteiger partial charge in [0.15, 0.2) is 5.82 Å². The average Bonchev–Trinajstić information content (AvgIpc) is 3.15. The summed E-state index contributed by atoms with van der Waals surface area (Å²) < 4.78 is 32.6. The van der Waals surface area contributed by atoms with Crippen LogP contribution < -0.4 is 10.6 Å². The molecule has 4 heterocycles. The number of nitrogens with zero attached hydrogens (tertiary/aromatic N) is 3. The standard InChI is InChI=1S/C25H33F2N5O2/c1-14(15-5-9-28-10-6-15)32-11-7-16(8-12-32)21-19(26)13-18-23(30-31(2)24(18)22(21)27)17-3-4-20(33)29-25(17)34/h13-17,28H,3-12H2,1-2H3,(H,29,33,34)/t14-,17?/m0/s1. The number of piperidine rings is 3. The molecular formula is C25H33F2N5O2. The molecule has 0 bridgehead atoms. The molecule has 0 spiro atoms. The van der Waals surface area contributed by atoms with Gasteiger partial charge in [0.2, 0.25) is 11.8 Å². The molecule has 0 saturated carbocycles. The number of amides is 2. The first-order chi connectivity index (χ1) is 16.3. The van der Waals surface area contributed by atoms with E-state index in [4.69, 9.17) is 0 Å². The Morgan fingerprint density at radius 2 is 1.79 bits per heavy atom. The SMILES string of the molecule is C[C@@H](C1CCNCC1)N1CCC(c2c(F)cc3c(C4CCC(=O)NC4=O)nn(C)c3c2F)CC1. The summed E-state index contributed by atoms with van der Waals surface area (Å²) in [4.78, 5) is 26.4. The second-order valence-corrected chi connectivity index (χ2v) is 10.1. The smallest absolute Gasteiger partial charge is 0.235 e. The lowest BCUT2D eigenvalue weighted by molar-refractivity contribution is -0.134. The largest absolute Gasteiger partial charge is 0.317 e. The molecule has 1 aromatic heterocycles. The summed E-state index contributed by atoms with van der Waals surface area (Å²) in [5.74, 6) is -2.15. The van der Waals surface area contributed by atoms with Crippen molar-refractivity contribution < 1.29 is 18.4 Å². The predicted octanol–water partition coefficient (Wildman–Crippen LogP) is 2.94. The topological polar surface area (TPSA) is 79.3 Å². The zero-order valence-electron chi connectivity index (χ0n) is 19.9. The normalized spacial score (nSPS) is 24.5. The van der Waals surface area contributed by atoms with Gasteiger partial charge in [0, 0.05) is 30.5 Å². The molecular weight excluding hydrogens is 440 g/mol. The molecule has 7 nitrogen and oxygen atoms in total. The van der Waals surface area contributed by atoms with Gasteiger partial charge < -0.3 is 10.2 Å². The first kappa shape index (κ1) is 23.4. The molecule has 3 fully saturated rings. The van der Waals surface area contributed by atoms with Crippen LogP contribution in [0.5, 0.6) is 0 Å². The van der Waals surface area contributed by atoms with Crippen LogP contribution in [0.15, 0.2) is 6.07 Å². The zero-order chi connectivity index (χ0) is 24.0. The number of fused-ring (bicyclic) bond motifs is 1. The van der Waals surface area contributed by atoms with E-state index in [1.54, 1.807) is 7.05 Å². The minimum atomic E-state index is -0.689. The third-order valence-electron chi connectivity index (χ3n) is 8.23. The van der Waals surface area contributed by atoms with Gasteiger partial charge in [-0.25, -0.2) is 8.78 Å². The fourth-order valence-electron chi connectivity index (χ4n) is 6.21. The summed E-state index contributed by atoms with van der Waals surface area (Å²) in [6.45, 7) is 6.08. The van der Waals surface area contributed by atoms with Gasteiger partial charge in [-0.15, -0.1) is 0 Å². The Balaban J connectivity index is 1.38. The highest BCUT2D eigenvalue weighted by atomic mass is 19.1. The van der Waals surface area contributed by atoms with Crippen LogP contribution >= 0.6 is 0 Å². The molecule has 5 rings (SSSR count). The van der Waals surface area contributed by atoms with Crippen LogP contribution in [0.3, 0.4) is 0 Å². The van der Waals surface area contributed by atoms with E-state index in [9.17, 15) is 9.59 Å². The van der Waals surface area contributed by atoms with E-state index in [2.05, 4.69) is 27.6 Å². The van der Waals surface area contributed by atoms with E-state index < -0.39 is 23.5 Å². The summed E-state index contributed by atoms with van der Waals surface area (Å²) in [7, 11) is 1.62. The van der Waals surface area contributed by atoms with Gasteiger partial charge in [-0.2, -0.15) is 5.10 Å². The van der Waals surface area contributed by atoms with Crippen LogP contribution in [-0.4, -0.2) is 58.7 Å². The van der Waals surface area contributed by atoms with Crippen molar-refractivity contribution in [1.82, 2.24) is 25.3 Å². The van der Waals surface area contributed by atoms with Crippen LogP contribution in [0.1, 0.15) is 68.5 Å². The van der Waals surface area contributed by atoms with Gasteiger partial charge in [0.1, 0.15) is 11.3 Å². The highest BCUT2D eigenvalue weighted by Crippen LogP contribution is 2.39. The van der Waals surface area contributed by atoms with Crippen molar-refractivity contribution in [3.63, 3.8) is 0 Å². The van der Waals surface area contributed by atoms with Crippen LogP contribution in [0, 0.1) is 17.6 Å². The Bertz CT molecular complexity index is 1100. The Morgan fingerprint density at radius 3 is 2.47 bits per heavy atom. The number of likely N-dealkylation sites (tertiary alicyclic amines) is 1. The molecule has 2 aromatic rings. The number of aryl methyl sites for hydroxylation is 1. The molecule has 2 atom stereocenters. The number of rotatable bonds is 4. The van der Waals surface area contributed by atoms with Crippen molar-refractivity contribution in [2.75, 3.05) is 26.2 Å². The van der Waals surface area contributed by atoms with E-state index in [0.717, 1.165) is 26.2 Å². The molecule has 184 valence electrons. The molecule has 0 aliphatic carbocycles. The molecule has 0 radical (unpaired) electrons. The van der Waals surface area contributed by atoms with E-state index in [0.29, 0.717) is 35.9 Å². The number of hydrogen-bond acceptors (Lipinski definition) is 5. The summed E-state index contributed by atoms with van der Waals surface area (Å²) in [6, 6.07) is 1.82. The molecule has 3 aliphatic heterocycles. The molecule has 34 heavy (non-hydrogen) atoms. The summed E-state index contributed by atoms with van der Waals surface area (Å²) >= 11 is 0. The monoisotopic (exact) mass is 473 g/mol. The maximum Gasteiger partial charge on any atom is 0.235 e. The number of carbonyl (C=O) groups is 2. The van der Waals surface area contributed by atoms with Crippen molar-refractivity contribution in [2.24, 2.45) is 13.0 Å². The van der Waals surface area contributed by atoms with Crippen molar-refractivity contribution in [3.8, 4) is 0 Å². The molecule has 2 N–H and O–H groups in total. The maximum absolute atomic E-state index is 15.8. The van der Waals surface area contributed by atoms with Gasteiger partial charge in [-0.3, -0.25) is 19.6 Å². The fraction of sp³-hybridized carbons (Fsp3) is 0.640. The third-order valence-corrected chi connectivity index (χ3v) is 8.23. The highest BCUT2D eigenvalue weighted by molar-refractivity contribution is 6.02. The summed E-state index contributed by atoms with van der Waals surface area (Å²) in [6.07, 6.45) is 4.26. The van der Waals surface area contributed by atoms with E-state index in [1.807, 2.05) is 0 Å². The third kappa shape index (κ3) is 4.13. The molecule has 3 aliphatic rings. The first-order valence-electron chi connectivity index (χ1n) is 12.5. The number of imide groups is 1.